The molecule has 1 heterocycles. The molecule has 0 saturated carbocycles. The van der Waals surface area contributed by atoms with Gasteiger partial charge in [-0.15, -0.1) is 19.6 Å². The van der Waals surface area contributed by atoms with E-state index in [0.29, 0.717) is 0 Å². The van der Waals surface area contributed by atoms with Gasteiger partial charge in [-0.1, -0.05) is 6.92 Å². The summed E-state index contributed by atoms with van der Waals surface area (Å²) >= 11 is 0. The lowest BCUT2D eigenvalue weighted by Gasteiger charge is -2.17. The lowest BCUT2D eigenvalue weighted by Crippen LogP contribution is -2.68. The second kappa shape index (κ2) is 5.73. The van der Waals surface area contributed by atoms with E-state index in [1.807, 2.05) is 0 Å². The lowest BCUT2D eigenvalue weighted by atomic mass is 10.5. The van der Waals surface area contributed by atoms with E-state index in [0.717, 1.165) is 13.0 Å². The van der Waals surface area contributed by atoms with Crippen LogP contribution in [0, 0.1) is 10.2 Å². The fourth-order valence-electron chi connectivity index (χ4n) is 0.684. The monoisotopic (exact) mass is 226 g/mol. The molecular weight excluding hydrogens is 216 g/mol. The number of aromatic nitrogens is 3. The van der Waals surface area contributed by atoms with Gasteiger partial charge in [0.2, 0.25) is 6.33 Å². The van der Waals surface area contributed by atoms with Gasteiger partial charge in [0.25, 0.3) is 6.33 Å². The minimum atomic E-state index is -4.94. The standard InChI is InChI=1S/C5H11N4.ClHO4/c1-2-3-9-5-8(6)4-7-9;2-1(3,4)5/h4-5H,2-3,6H2,1H3;(H,2,3,4,5)/q+1;/p-1. The van der Waals surface area contributed by atoms with E-state index in [-0.39, 0.29) is 0 Å². The molecule has 0 amide bonds. The van der Waals surface area contributed by atoms with Crippen molar-refractivity contribution in [3.8, 4) is 0 Å². The topological polar surface area (TPSA) is 140 Å². The highest BCUT2D eigenvalue weighted by Crippen LogP contribution is 1.72. The predicted molar refractivity (Wildman–Crippen MR) is 32.9 cm³/mol. The van der Waals surface area contributed by atoms with Crippen LogP contribution in [0.2, 0.25) is 0 Å². The quantitative estimate of drug-likeness (QED) is 0.394. The largest absolute Gasteiger partial charge is 0.289 e. The highest BCUT2D eigenvalue weighted by molar-refractivity contribution is 4.48. The lowest BCUT2D eigenvalue weighted by molar-refractivity contribution is -2.00. The first kappa shape index (κ1) is 13.1. The minimum Gasteiger partial charge on any atom is -0.268 e. The summed E-state index contributed by atoms with van der Waals surface area (Å²) in [6.07, 6.45) is 4.42. The molecule has 1 aromatic heterocycles. The Balaban J connectivity index is 0.000000292. The molecule has 0 atom stereocenters. The molecule has 1 rings (SSSR count). The van der Waals surface area contributed by atoms with Gasteiger partial charge in [0.1, 0.15) is 6.54 Å². The van der Waals surface area contributed by atoms with Crippen LogP contribution in [0.1, 0.15) is 13.3 Å². The van der Waals surface area contributed by atoms with Crippen molar-refractivity contribution in [2.45, 2.75) is 19.9 Å². The molecule has 14 heavy (non-hydrogen) atoms. The average molecular weight is 227 g/mol. The molecule has 0 saturated heterocycles. The zero-order chi connectivity index (χ0) is 11.2. The van der Waals surface area contributed by atoms with E-state index >= 15 is 0 Å². The van der Waals surface area contributed by atoms with Gasteiger partial charge in [-0.05, 0) is 11.5 Å². The highest BCUT2D eigenvalue weighted by atomic mass is 35.7. The molecule has 0 aliphatic heterocycles. The van der Waals surface area contributed by atoms with Gasteiger partial charge in [0.05, 0.1) is 0 Å². The fraction of sp³-hybridized carbons (Fsp3) is 0.600. The van der Waals surface area contributed by atoms with Crippen LogP contribution >= 0.6 is 0 Å². The maximum absolute atomic E-state index is 8.49. The van der Waals surface area contributed by atoms with Crippen LogP contribution in [0.3, 0.4) is 0 Å². The summed E-state index contributed by atoms with van der Waals surface area (Å²) in [6.45, 7) is 3.03. The van der Waals surface area contributed by atoms with Crippen LogP contribution in [-0.2, 0) is 6.54 Å². The molecule has 0 bridgehead atoms. The summed E-state index contributed by atoms with van der Waals surface area (Å²) in [5.41, 5.74) is 0. The van der Waals surface area contributed by atoms with Gasteiger partial charge < -0.3 is 0 Å². The van der Waals surface area contributed by atoms with E-state index in [1.54, 1.807) is 17.3 Å². The molecule has 0 unspecified atom stereocenters. The number of hydrogen-bond donors (Lipinski definition) is 1. The second-order valence-electron chi connectivity index (χ2n) is 2.33. The van der Waals surface area contributed by atoms with Gasteiger partial charge >= 0.3 is 0 Å². The van der Waals surface area contributed by atoms with Crippen molar-refractivity contribution in [1.82, 2.24) is 9.77 Å². The first-order valence-corrected chi connectivity index (χ1v) is 4.87. The summed E-state index contributed by atoms with van der Waals surface area (Å²) in [5.74, 6) is 5.34. The van der Waals surface area contributed by atoms with Gasteiger partial charge in [0.15, 0.2) is 0 Å². The van der Waals surface area contributed by atoms with Crippen LogP contribution in [0.15, 0.2) is 12.7 Å². The summed E-state index contributed by atoms with van der Waals surface area (Å²) in [6, 6.07) is 0. The Hall–Kier alpha value is -0.930. The summed E-state index contributed by atoms with van der Waals surface area (Å²) < 4.78 is 37.2. The molecule has 0 aliphatic carbocycles. The van der Waals surface area contributed by atoms with Crippen molar-refractivity contribution < 1.29 is 33.6 Å². The number of nitrogen functional groups attached to an aromatic ring is 1. The fourth-order valence-corrected chi connectivity index (χ4v) is 0.684. The Morgan fingerprint density at radius 1 is 1.43 bits per heavy atom. The van der Waals surface area contributed by atoms with Crippen LogP contribution < -0.4 is 29.2 Å². The number of halogens is 1. The number of rotatable bonds is 2. The molecule has 9 heteroatoms. The van der Waals surface area contributed by atoms with Crippen molar-refractivity contribution in [2.24, 2.45) is 0 Å². The molecule has 0 radical (unpaired) electrons. The molecule has 1 aromatic rings. The summed E-state index contributed by atoms with van der Waals surface area (Å²) in [5, 5.41) is 3.96. The van der Waals surface area contributed by atoms with E-state index in [4.69, 9.17) is 24.5 Å². The molecule has 0 fully saturated rings. The molecule has 0 spiro atoms. The third-order valence-electron chi connectivity index (χ3n) is 1.05. The molecule has 2 N–H and O–H groups in total. The van der Waals surface area contributed by atoms with Gasteiger partial charge in [0, 0.05) is 0 Å². The van der Waals surface area contributed by atoms with Crippen molar-refractivity contribution >= 4 is 0 Å². The molecule has 0 aromatic carbocycles. The Bertz CT molecular complexity index is 254. The Kier molecular flexibility index (Phi) is 5.35. The third kappa shape index (κ3) is 9.16. The zero-order valence-electron chi connectivity index (χ0n) is 7.50. The second-order valence-corrected chi connectivity index (χ2v) is 3.09. The molecule has 8 nitrogen and oxygen atoms in total. The normalized spacial score (nSPS) is 10.6. The van der Waals surface area contributed by atoms with E-state index in [2.05, 4.69) is 12.0 Å². The first-order valence-electron chi connectivity index (χ1n) is 3.63. The van der Waals surface area contributed by atoms with Crippen molar-refractivity contribution in [3.05, 3.63) is 12.7 Å². The van der Waals surface area contributed by atoms with Crippen LogP contribution in [-0.4, -0.2) is 9.77 Å². The average Bonchev–Trinajstić information content (AvgIpc) is 2.32. The van der Waals surface area contributed by atoms with Crippen molar-refractivity contribution in [3.63, 3.8) is 0 Å². The van der Waals surface area contributed by atoms with Gasteiger partial charge in [-0.2, -0.15) is 0 Å². The Labute approximate surface area is 82.5 Å². The summed E-state index contributed by atoms with van der Waals surface area (Å²) in [4.78, 5) is 0. The number of aryl methyl sites for hydroxylation is 1. The van der Waals surface area contributed by atoms with Crippen LogP contribution in [0.5, 0.6) is 0 Å². The highest BCUT2D eigenvalue weighted by Gasteiger charge is 1.97. The van der Waals surface area contributed by atoms with E-state index in [1.165, 1.54) is 4.68 Å². The predicted octanol–water partition coefficient (Wildman–Crippen LogP) is -5.46. The van der Waals surface area contributed by atoms with Crippen molar-refractivity contribution in [1.29, 1.82) is 0 Å². The Morgan fingerprint density at radius 2 is 1.93 bits per heavy atom. The molecular formula is C5H11ClN4O4. The maximum Gasteiger partial charge on any atom is 0.289 e. The van der Waals surface area contributed by atoms with Crippen molar-refractivity contribution in [2.75, 3.05) is 5.84 Å². The minimum absolute atomic E-state index is 0.935. The first-order chi connectivity index (χ1) is 6.33. The summed E-state index contributed by atoms with van der Waals surface area (Å²) in [7, 11) is -4.94. The SMILES string of the molecule is CCC[n+]1cn(N)cn1.[O-][Cl+3]([O-])([O-])[O-]. The number of nitrogens with zero attached hydrogens (tertiary/aromatic N) is 3. The van der Waals surface area contributed by atoms with E-state index in [9.17, 15) is 0 Å². The number of nitrogens with two attached hydrogens (primary N) is 1. The zero-order valence-corrected chi connectivity index (χ0v) is 8.25. The van der Waals surface area contributed by atoms with Gasteiger partial charge in [-0.3, -0.25) is 5.84 Å². The molecule has 82 valence electrons. The van der Waals surface area contributed by atoms with Gasteiger partial charge in [-0.25, -0.2) is 18.6 Å². The maximum atomic E-state index is 8.49. The molecule has 0 aliphatic rings. The van der Waals surface area contributed by atoms with Crippen LogP contribution in [0.4, 0.5) is 0 Å². The van der Waals surface area contributed by atoms with E-state index < -0.39 is 10.2 Å². The number of hydrogen-bond acceptors (Lipinski definition) is 6. The smallest absolute Gasteiger partial charge is 0.268 e. The van der Waals surface area contributed by atoms with Crippen LogP contribution in [0.25, 0.3) is 0 Å². The third-order valence-corrected chi connectivity index (χ3v) is 1.05. The Morgan fingerprint density at radius 3 is 2.21 bits per heavy atom.